The van der Waals surface area contributed by atoms with E-state index in [4.69, 9.17) is 10.5 Å². The van der Waals surface area contributed by atoms with Crippen molar-refractivity contribution in [3.63, 3.8) is 0 Å². The summed E-state index contributed by atoms with van der Waals surface area (Å²) in [6, 6.07) is 0. The molecule has 2 aliphatic heterocycles. The minimum atomic E-state index is 0.185. The Balaban J connectivity index is 1.71. The molecule has 4 heteroatoms. The summed E-state index contributed by atoms with van der Waals surface area (Å²) in [6.07, 6.45) is 7.70. The summed E-state index contributed by atoms with van der Waals surface area (Å²) in [7, 11) is 0. The van der Waals surface area contributed by atoms with Crippen molar-refractivity contribution in [3.8, 4) is 0 Å². The lowest BCUT2D eigenvalue weighted by molar-refractivity contribution is -0.0514. The lowest BCUT2D eigenvalue weighted by atomic mass is 9.84. The first-order valence-electron chi connectivity index (χ1n) is 7.43. The Morgan fingerprint density at radius 1 is 1.50 bits per heavy atom. The molecule has 3 rings (SSSR count). The first kappa shape index (κ1) is 12.3. The number of ether oxygens (including phenoxy) is 1. The van der Waals surface area contributed by atoms with E-state index >= 15 is 0 Å². The summed E-state index contributed by atoms with van der Waals surface area (Å²) in [5.74, 6) is 1.64. The van der Waals surface area contributed by atoms with Crippen molar-refractivity contribution in [1.82, 2.24) is 4.90 Å². The Morgan fingerprint density at radius 2 is 2.33 bits per heavy atom. The second-order valence-corrected chi connectivity index (χ2v) is 6.19. The van der Waals surface area contributed by atoms with E-state index in [1.165, 1.54) is 25.7 Å². The molecular weight excluding hydrogens is 226 g/mol. The van der Waals surface area contributed by atoms with Crippen LogP contribution in [0.15, 0.2) is 4.99 Å². The number of nitrogens with zero attached hydrogens (tertiary/aromatic N) is 2. The van der Waals surface area contributed by atoms with Gasteiger partial charge in [0.2, 0.25) is 0 Å². The molecular formula is C14H25N3O. The third-order valence-electron chi connectivity index (χ3n) is 4.66. The van der Waals surface area contributed by atoms with Gasteiger partial charge in [-0.2, -0.15) is 0 Å². The predicted molar refractivity (Wildman–Crippen MR) is 72.5 cm³/mol. The van der Waals surface area contributed by atoms with Gasteiger partial charge in [0, 0.05) is 13.2 Å². The Bertz CT molecular complexity index is 338. The molecule has 3 aliphatic rings. The highest BCUT2D eigenvalue weighted by Gasteiger charge is 2.47. The smallest absolute Gasteiger partial charge is 0.191 e. The third-order valence-corrected chi connectivity index (χ3v) is 4.66. The second-order valence-electron chi connectivity index (χ2n) is 6.19. The lowest BCUT2D eigenvalue weighted by Crippen LogP contribution is -2.56. The molecule has 0 aromatic carbocycles. The van der Waals surface area contributed by atoms with Gasteiger partial charge in [0.1, 0.15) is 0 Å². The highest BCUT2D eigenvalue weighted by molar-refractivity contribution is 5.81. The van der Waals surface area contributed by atoms with Gasteiger partial charge < -0.3 is 15.4 Å². The van der Waals surface area contributed by atoms with Crippen LogP contribution in [0.1, 0.15) is 45.4 Å². The van der Waals surface area contributed by atoms with Crippen LogP contribution in [0.3, 0.4) is 0 Å². The van der Waals surface area contributed by atoms with Gasteiger partial charge in [-0.15, -0.1) is 0 Å². The molecule has 0 aromatic rings. The van der Waals surface area contributed by atoms with Crippen LogP contribution in [-0.2, 0) is 4.74 Å². The van der Waals surface area contributed by atoms with Crippen LogP contribution >= 0.6 is 0 Å². The van der Waals surface area contributed by atoms with Crippen molar-refractivity contribution in [2.24, 2.45) is 16.6 Å². The van der Waals surface area contributed by atoms with Crippen molar-refractivity contribution in [2.75, 3.05) is 19.7 Å². The van der Waals surface area contributed by atoms with E-state index in [2.05, 4.69) is 16.8 Å². The maximum absolute atomic E-state index is 6.12. The zero-order valence-electron chi connectivity index (χ0n) is 11.4. The number of nitrogens with two attached hydrogens (primary N) is 1. The molecule has 2 unspecified atom stereocenters. The van der Waals surface area contributed by atoms with Gasteiger partial charge >= 0.3 is 0 Å². The minimum absolute atomic E-state index is 0.185. The molecule has 1 saturated carbocycles. The molecule has 0 aromatic heterocycles. The molecule has 1 spiro atoms. The summed E-state index contributed by atoms with van der Waals surface area (Å²) < 4.78 is 5.89. The molecule has 2 fully saturated rings. The molecule has 0 bridgehead atoms. The van der Waals surface area contributed by atoms with Crippen LogP contribution in [-0.4, -0.2) is 42.2 Å². The average molecular weight is 251 g/mol. The molecule has 18 heavy (non-hydrogen) atoms. The maximum Gasteiger partial charge on any atom is 0.191 e. The molecule has 0 radical (unpaired) electrons. The summed E-state index contributed by atoms with van der Waals surface area (Å²) >= 11 is 0. The number of hydrogen-bond donors (Lipinski definition) is 1. The summed E-state index contributed by atoms with van der Waals surface area (Å²) in [5.41, 5.74) is 6.30. The maximum atomic E-state index is 6.12. The van der Waals surface area contributed by atoms with Gasteiger partial charge in [-0.3, -0.25) is 4.99 Å². The standard InChI is InChI=1S/C14H25N3O/c1-2-3-12-8-14(6-7-18-12)10-16-13(15)17(14)9-11-4-5-11/h11-12H,2-10H2,1H3,(H2,15,16). The van der Waals surface area contributed by atoms with Crippen molar-refractivity contribution >= 4 is 5.96 Å². The molecule has 4 nitrogen and oxygen atoms in total. The molecule has 1 saturated heterocycles. The molecule has 1 aliphatic carbocycles. The van der Waals surface area contributed by atoms with Crippen LogP contribution in [0.25, 0.3) is 0 Å². The van der Waals surface area contributed by atoms with E-state index < -0.39 is 0 Å². The van der Waals surface area contributed by atoms with Crippen molar-refractivity contribution in [3.05, 3.63) is 0 Å². The van der Waals surface area contributed by atoms with Crippen LogP contribution in [0.4, 0.5) is 0 Å². The normalized spacial score (nSPS) is 36.2. The van der Waals surface area contributed by atoms with E-state index in [1.807, 2.05) is 0 Å². The highest BCUT2D eigenvalue weighted by atomic mass is 16.5. The van der Waals surface area contributed by atoms with Gasteiger partial charge in [-0.05, 0) is 38.0 Å². The number of rotatable bonds is 4. The fourth-order valence-corrected chi connectivity index (χ4v) is 3.38. The lowest BCUT2D eigenvalue weighted by Gasteiger charge is -2.45. The minimum Gasteiger partial charge on any atom is -0.378 e. The fraction of sp³-hybridized carbons (Fsp3) is 0.929. The van der Waals surface area contributed by atoms with Gasteiger partial charge in [-0.1, -0.05) is 13.3 Å². The summed E-state index contributed by atoms with van der Waals surface area (Å²) in [5, 5.41) is 0. The Labute approximate surface area is 110 Å². The molecule has 0 amide bonds. The fourth-order valence-electron chi connectivity index (χ4n) is 3.38. The van der Waals surface area contributed by atoms with Gasteiger partial charge in [-0.25, -0.2) is 0 Å². The Hall–Kier alpha value is -0.770. The number of hydrogen-bond acceptors (Lipinski definition) is 4. The van der Waals surface area contributed by atoms with E-state index in [1.54, 1.807) is 0 Å². The van der Waals surface area contributed by atoms with Crippen LogP contribution < -0.4 is 5.73 Å². The van der Waals surface area contributed by atoms with Crippen LogP contribution in [0.2, 0.25) is 0 Å². The van der Waals surface area contributed by atoms with Crippen molar-refractivity contribution in [1.29, 1.82) is 0 Å². The van der Waals surface area contributed by atoms with E-state index in [0.717, 1.165) is 44.4 Å². The Morgan fingerprint density at radius 3 is 3.06 bits per heavy atom. The van der Waals surface area contributed by atoms with Gasteiger partial charge in [0.05, 0.1) is 18.2 Å². The van der Waals surface area contributed by atoms with E-state index in [0.29, 0.717) is 6.10 Å². The first-order chi connectivity index (χ1) is 8.73. The Kier molecular flexibility index (Phi) is 3.22. The SMILES string of the molecule is CCCC1CC2(CCO1)CN=C(N)N2CC1CC1. The molecule has 2 atom stereocenters. The predicted octanol–water partition coefficient (Wildman–Crippen LogP) is 1.74. The number of aliphatic imine (C=N–C) groups is 1. The van der Waals surface area contributed by atoms with Crippen LogP contribution in [0.5, 0.6) is 0 Å². The summed E-state index contributed by atoms with van der Waals surface area (Å²) in [4.78, 5) is 6.95. The topological polar surface area (TPSA) is 50.9 Å². The van der Waals surface area contributed by atoms with Crippen molar-refractivity contribution in [2.45, 2.75) is 57.1 Å². The van der Waals surface area contributed by atoms with Gasteiger partial charge in [0.25, 0.3) is 0 Å². The van der Waals surface area contributed by atoms with E-state index in [9.17, 15) is 0 Å². The summed E-state index contributed by atoms with van der Waals surface area (Å²) in [6.45, 7) is 5.10. The molecule has 2 N–H and O–H groups in total. The zero-order chi connectivity index (χ0) is 12.6. The number of guanidine groups is 1. The monoisotopic (exact) mass is 251 g/mol. The third kappa shape index (κ3) is 2.22. The van der Waals surface area contributed by atoms with Gasteiger partial charge in [0.15, 0.2) is 5.96 Å². The average Bonchev–Trinajstić information content (AvgIpc) is 3.13. The quantitative estimate of drug-likeness (QED) is 0.828. The molecule has 2 heterocycles. The van der Waals surface area contributed by atoms with E-state index in [-0.39, 0.29) is 5.54 Å². The first-order valence-corrected chi connectivity index (χ1v) is 7.43. The van der Waals surface area contributed by atoms with Crippen LogP contribution in [0, 0.1) is 5.92 Å². The zero-order valence-corrected chi connectivity index (χ0v) is 11.4. The highest BCUT2D eigenvalue weighted by Crippen LogP contribution is 2.39. The second kappa shape index (κ2) is 4.72. The largest absolute Gasteiger partial charge is 0.378 e. The van der Waals surface area contributed by atoms with Crippen molar-refractivity contribution < 1.29 is 4.74 Å². The molecule has 102 valence electrons.